The van der Waals surface area contributed by atoms with Crippen molar-refractivity contribution in [3.05, 3.63) is 68.2 Å². The van der Waals surface area contributed by atoms with Crippen molar-refractivity contribution in [2.75, 3.05) is 23.2 Å². The predicted octanol–water partition coefficient (Wildman–Crippen LogP) is 3.00. The largest absolute Gasteiger partial charge is 0.454 e. The molecule has 158 valence electrons. The van der Waals surface area contributed by atoms with Gasteiger partial charge < -0.3 is 4.74 Å². The number of carbonyl (C=O) groups excluding carboxylic acids is 2. The summed E-state index contributed by atoms with van der Waals surface area (Å²) in [5.74, 6) is -1.56. The minimum Gasteiger partial charge on any atom is -0.454 e. The maximum Gasteiger partial charge on any atom is 0.345 e. The van der Waals surface area contributed by atoms with Crippen molar-refractivity contribution < 1.29 is 27.7 Å². The average molecular weight is 453 g/mol. The smallest absolute Gasteiger partial charge is 0.345 e. The van der Waals surface area contributed by atoms with Gasteiger partial charge in [0.1, 0.15) is 5.56 Å². The summed E-state index contributed by atoms with van der Waals surface area (Å²) < 4.78 is 30.5. The highest BCUT2D eigenvalue weighted by atomic mass is 35.5. The molecule has 0 atom stereocenters. The quantitative estimate of drug-likeness (QED) is 0.273. The van der Waals surface area contributed by atoms with Gasteiger partial charge in [0, 0.05) is 23.2 Å². The summed E-state index contributed by atoms with van der Waals surface area (Å²) in [5, 5.41) is 11.2. The summed E-state index contributed by atoms with van der Waals surface area (Å²) in [4.78, 5) is 34.9. The van der Waals surface area contributed by atoms with Crippen molar-refractivity contribution in [3.63, 3.8) is 0 Å². The van der Waals surface area contributed by atoms with Gasteiger partial charge >= 0.3 is 5.97 Å². The molecule has 0 fully saturated rings. The van der Waals surface area contributed by atoms with E-state index in [1.54, 1.807) is 19.1 Å². The number of nitro benzene ring substituents is 1. The van der Waals surface area contributed by atoms with Crippen molar-refractivity contribution in [3.8, 4) is 0 Å². The number of ether oxygens (including phenoxy) is 1. The number of anilines is 1. The molecular weight excluding hydrogens is 436 g/mol. The minimum absolute atomic E-state index is 0.0279. The molecule has 0 bridgehead atoms. The molecule has 11 heteroatoms. The number of Topliss-reactive ketones (excluding diaryl/α,β-unsaturated/α-hetero) is 1. The van der Waals surface area contributed by atoms with Gasteiger partial charge in [0.2, 0.25) is 10.0 Å². The van der Waals surface area contributed by atoms with E-state index in [1.165, 1.54) is 16.4 Å². The number of halogens is 1. The zero-order chi connectivity index (χ0) is 22.1. The average Bonchev–Trinajstić information content (AvgIpc) is 3.15. The number of nitro groups is 1. The molecule has 0 saturated heterocycles. The molecule has 0 N–H and O–H groups in total. The summed E-state index contributed by atoms with van der Waals surface area (Å²) in [6.45, 7) is 1.25. The third-order valence-electron chi connectivity index (χ3n) is 4.67. The Morgan fingerprint density at radius 2 is 1.97 bits per heavy atom. The molecule has 2 aromatic carbocycles. The van der Waals surface area contributed by atoms with Gasteiger partial charge in [-0.2, -0.15) is 0 Å². The minimum atomic E-state index is -3.40. The van der Waals surface area contributed by atoms with Gasteiger partial charge in [0.05, 0.1) is 16.4 Å². The molecule has 3 rings (SSSR count). The van der Waals surface area contributed by atoms with Crippen LogP contribution >= 0.6 is 11.6 Å². The molecule has 0 unspecified atom stereocenters. The maximum absolute atomic E-state index is 12.4. The number of sulfonamides is 1. The Hall–Kier alpha value is -2.98. The summed E-state index contributed by atoms with van der Waals surface area (Å²) in [5.41, 5.74) is 0.656. The zero-order valence-electron chi connectivity index (χ0n) is 15.8. The van der Waals surface area contributed by atoms with Crippen molar-refractivity contribution in [1.82, 2.24) is 0 Å². The molecule has 0 radical (unpaired) electrons. The van der Waals surface area contributed by atoms with Gasteiger partial charge in [-0.1, -0.05) is 11.6 Å². The van der Waals surface area contributed by atoms with Gasteiger partial charge in [-0.05, 0) is 49.2 Å². The van der Waals surface area contributed by atoms with E-state index in [0.717, 1.165) is 12.1 Å². The number of nitrogens with zero attached hydrogens (tertiary/aromatic N) is 2. The number of carbonyl (C=O) groups is 2. The fraction of sp³-hybridized carbons (Fsp3) is 0.263. The highest BCUT2D eigenvalue weighted by Crippen LogP contribution is 2.31. The van der Waals surface area contributed by atoms with Crippen LogP contribution in [0.5, 0.6) is 0 Å². The molecule has 0 aliphatic carbocycles. The van der Waals surface area contributed by atoms with E-state index in [2.05, 4.69) is 0 Å². The van der Waals surface area contributed by atoms with Crippen LogP contribution in [-0.4, -0.2) is 44.0 Å². The van der Waals surface area contributed by atoms with Crippen LogP contribution in [0.15, 0.2) is 36.4 Å². The van der Waals surface area contributed by atoms with Gasteiger partial charge in [-0.15, -0.1) is 0 Å². The summed E-state index contributed by atoms with van der Waals surface area (Å²) >= 11 is 5.72. The van der Waals surface area contributed by atoms with E-state index in [9.17, 15) is 28.1 Å². The Morgan fingerprint density at radius 1 is 1.23 bits per heavy atom. The Kier molecular flexibility index (Phi) is 6.09. The lowest BCUT2D eigenvalue weighted by atomic mass is 10.1. The fourth-order valence-corrected chi connectivity index (χ4v) is 4.44. The van der Waals surface area contributed by atoms with E-state index in [0.29, 0.717) is 24.2 Å². The predicted molar refractivity (Wildman–Crippen MR) is 110 cm³/mol. The van der Waals surface area contributed by atoms with E-state index >= 15 is 0 Å². The number of ketones is 1. The molecule has 0 aromatic heterocycles. The van der Waals surface area contributed by atoms with E-state index in [-0.39, 0.29) is 21.9 Å². The second-order valence-electron chi connectivity index (χ2n) is 6.48. The Bertz CT molecular complexity index is 1150. The maximum atomic E-state index is 12.4. The van der Waals surface area contributed by atoms with Crippen LogP contribution in [0.4, 0.5) is 11.4 Å². The normalized spacial score (nSPS) is 13.1. The monoisotopic (exact) mass is 452 g/mol. The van der Waals surface area contributed by atoms with Gasteiger partial charge in [-0.25, -0.2) is 13.2 Å². The number of hydrogen-bond acceptors (Lipinski definition) is 7. The molecule has 30 heavy (non-hydrogen) atoms. The molecule has 0 amide bonds. The molecule has 1 aliphatic rings. The molecule has 0 spiro atoms. The molecular formula is C19H17ClN2O7S. The summed E-state index contributed by atoms with van der Waals surface area (Å²) in [6, 6.07) is 8.07. The highest BCUT2D eigenvalue weighted by molar-refractivity contribution is 7.92. The first-order valence-electron chi connectivity index (χ1n) is 8.91. The fourth-order valence-electron chi connectivity index (χ4n) is 3.11. The first-order chi connectivity index (χ1) is 14.1. The van der Waals surface area contributed by atoms with E-state index in [1.807, 2.05) is 0 Å². The standard InChI is InChI=1S/C19H17ClN2O7S/c1-2-30(27,28)21-8-7-12-9-13(3-6-16(12)21)18(23)11-29-19(24)15-5-4-14(20)10-17(15)22(25)26/h3-6,9-10H,2,7-8,11H2,1H3. The van der Waals surface area contributed by atoms with Gasteiger partial charge in [0.15, 0.2) is 12.4 Å². The lowest BCUT2D eigenvalue weighted by Gasteiger charge is -2.18. The van der Waals surface area contributed by atoms with Gasteiger partial charge in [0.25, 0.3) is 5.69 Å². The molecule has 2 aromatic rings. The van der Waals surface area contributed by atoms with Crippen LogP contribution in [0, 0.1) is 10.1 Å². The number of fused-ring (bicyclic) bond motifs is 1. The summed E-state index contributed by atoms with van der Waals surface area (Å²) in [6.07, 6.45) is 0.465. The van der Waals surface area contributed by atoms with E-state index < -0.39 is 39.0 Å². The van der Waals surface area contributed by atoms with Crippen molar-refractivity contribution >= 4 is 44.8 Å². The Labute approximate surface area is 177 Å². The van der Waals surface area contributed by atoms with Crippen LogP contribution < -0.4 is 4.31 Å². The molecule has 0 saturated carbocycles. The second-order valence-corrected chi connectivity index (χ2v) is 9.10. The number of esters is 1. The van der Waals surface area contributed by atoms with Crippen molar-refractivity contribution in [1.29, 1.82) is 0 Å². The van der Waals surface area contributed by atoms with Crippen LogP contribution in [0.3, 0.4) is 0 Å². The van der Waals surface area contributed by atoms with Crippen molar-refractivity contribution in [2.45, 2.75) is 13.3 Å². The zero-order valence-corrected chi connectivity index (χ0v) is 17.4. The van der Waals surface area contributed by atoms with E-state index in [4.69, 9.17) is 16.3 Å². The van der Waals surface area contributed by atoms with Crippen molar-refractivity contribution in [2.24, 2.45) is 0 Å². The van der Waals surface area contributed by atoms with Gasteiger partial charge in [-0.3, -0.25) is 19.2 Å². The second kappa shape index (κ2) is 8.41. The molecule has 9 nitrogen and oxygen atoms in total. The summed E-state index contributed by atoms with van der Waals surface area (Å²) in [7, 11) is -3.40. The first kappa shape index (κ1) is 21.7. The third-order valence-corrected chi connectivity index (χ3v) is 6.68. The van der Waals surface area contributed by atoms with Crippen LogP contribution in [-0.2, 0) is 21.2 Å². The number of hydrogen-bond donors (Lipinski definition) is 0. The third kappa shape index (κ3) is 4.29. The molecule has 1 heterocycles. The lowest BCUT2D eigenvalue weighted by molar-refractivity contribution is -0.385. The first-order valence-corrected chi connectivity index (χ1v) is 10.9. The topological polar surface area (TPSA) is 124 Å². The van der Waals surface area contributed by atoms with Crippen LogP contribution in [0.1, 0.15) is 33.2 Å². The lowest BCUT2D eigenvalue weighted by Crippen LogP contribution is -2.30. The Balaban J connectivity index is 1.72. The van der Waals surface area contributed by atoms with Crippen LogP contribution in [0.25, 0.3) is 0 Å². The Morgan fingerprint density at radius 3 is 2.63 bits per heavy atom. The van der Waals surface area contributed by atoms with Crippen LogP contribution in [0.2, 0.25) is 5.02 Å². The number of rotatable bonds is 7. The SMILES string of the molecule is CCS(=O)(=O)N1CCc2cc(C(=O)COC(=O)c3ccc(Cl)cc3[N+](=O)[O-])ccc21. The number of benzene rings is 2. The highest BCUT2D eigenvalue weighted by Gasteiger charge is 2.29. The molecule has 1 aliphatic heterocycles.